The Balaban J connectivity index is 2.30. The molecule has 1 rings (SSSR count). The van der Waals surface area contributed by atoms with E-state index in [0.717, 1.165) is 12.0 Å². The molecule has 1 saturated carbocycles. The topological polar surface area (TPSA) is 12.0 Å². The van der Waals surface area contributed by atoms with E-state index in [1.807, 2.05) is 0 Å². The third-order valence-electron chi connectivity index (χ3n) is 2.59. The summed E-state index contributed by atoms with van der Waals surface area (Å²) < 4.78 is 0. The van der Waals surface area contributed by atoms with Crippen LogP contribution < -0.4 is 5.32 Å². The zero-order chi connectivity index (χ0) is 7.40. The van der Waals surface area contributed by atoms with Crippen molar-refractivity contribution < 1.29 is 0 Å². The lowest BCUT2D eigenvalue weighted by Crippen LogP contribution is -2.25. The summed E-state index contributed by atoms with van der Waals surface area (Å²) >= 11 is 0. The first-order chi connectivity index (χ1) is 4.83. The zero-order valence-corrected chi connectivity index (χ0v) is 7.19. The summed E-state index contributed by atoms with van der Waals surface area (Å²) in [5, 5.41) is 3.37. The van der Waals surface area contributed by atoms with Gasteiger partial charge in [-0.1, -0.05) is 26.2 Å². The second-order valence-electron chi connectivity index (χ2n) is 3.61. The minimum atomic E-state index is 0.803. The van der Waals surface area contributed by atoms with Gasteiger partial charge in [0, 0.05) is 6.04 Å². The van der Waals surface area contributed by atoms with Crippen molar-refractivity contribution in [3.05, 3.63) is 0 Å². The van der Waals surface area contributed by atoms with Crippen molar-refractivity contribution in [2.24, 2.45) is 5.92 Å². The molecule has 0 aromatic heterocycles. The normalized spacial score (nSPS) is 35.4. The van der Waals surface area contributed by atoms with Crippen LogP contribution in [-0.2, 0) is 0 Å². The summed E-state index contributed by atoms with van der Waals surface area (Å²) in [4.78, 5) is 0. The van der Waals surface area contributed by atoms with Gasteiger partial charge in [0.2, 0.25) is 0 Å². The SMILES string of the molecule is CN[C@@H]1CCCC[C@H](C)C1. The molecule has 1 aliphatic carbocycles. The molecule has 1 aliphatic rings. The Labute approximate surface area is 64.2 Å². The van der Waals surface area contributed by atoms with Gasteiger partial charge in [-0.25, -0.2) is 0 Å². The van der Waals surface area contributed by atoms with E-state index in [1.165, 1.54) is 32.1 Å². The van der Waals surface area contributed by atoms with E-state index in [2.05, 4.69) is 19.3 Å². The average molecular weight is 141 g/mol. The Bertz CT molecular complexity index is 90.7. The van der Waals surface area contributed by atoms with E-state index in [4.69, 9.17) is 0 Å². The first-order valence-electron chi connectivity index (χ1n) is 4.50. The molecule has 0 aromatic carbocycles. The number of hydrogen-bond acceptors (Lipinski definition) is 1. The maximum atomic E-state index is 3.37. The molecule has 0 unspecified atom stereocenters. The van der Waals surface area contributed by atoms with Crippen molar-refractivity contribution in [1.82, 2.24) is 5.32 Å². The third-order valence-corrected chi connectivity index (χ3v) is 2.59. The first kappa shape index (κ1) is 8.06. The Kier molecular flexibility index (Phi) is 3.20. The highest BCUT2D eigenvalue weighted by Crippen LogP contribution is 2.22. The van der Waals surface area contributed by atoms with Crippen LogP contribution in [0.5, 0.6) is 0 Å². The summed E-state index contributed by atoms with van der Waals surface area (Å²) in [5.74, 6) is 0.944. The number of rotatable bonds is 1. The Morgan fingerprint density at radius 3 is 2.60 bits per heavy atom. The number of hydrogen-bond donors (Lipinski definition) is 1. The van der Waals surface area contributed by atoms with E-state index >= 15 is 0 Å². The van der Waals surface area contributed by atoms with E-state index in [1.54, 1.807) is 0 Å². The fourth-order valence-electron chi connectivity index (χ4n) is 1.87. The molecule has 0 saturated heterocycles. The fourth-order valence-corrected chi connectivity index (χ4v) is 1.87. The number of nitrogens with one attached hydrogen (secondary N) is 1. The smallest absolute Gasteiger partial charge is 0.00666 e. The molecule has 1 nitrogen and oxygen atoms in total. The molecule has 2 atom stereocenters. The second kappa shape index (κ2) is 3.97. The van der Waals surface area contributed by atoms with Crippen LogP contribution in [0, 0.1) is 5.92 Å². The van der Waals surface area contributed by atoms with Gasteiger partial charge in [0.1, 0.15) is 0 Å². The van der Waals surface area contributed by atoms with Gasteiger partial charge < -0.3 is 5.32 Å². The molecule has 0 aromatic rings. The van der Waals surface area contributed by atoms with Crippen LogP contribution >= 0.6 is 0 Å². The average Bonchev–Trinajstić information content (AvgIpc) is 2.13. The summed E-state index contributed by atoms with van der Waals surface area (Å²) in [7, 11) is 2.09. The van der Waals surface area contributed by atoms with Crippen LogP contribution in [0.2, 0.25) is 0 Å². The van der Waals surface area contributed by atoms with Gasteiger partial charge in [0.05, 0.1) is 0 Å². The minimum absolute atomic E-state index is 0.803. The van der Waals surface area contributed by atoms with Crippen LogP contribution in [-0.4, -0.2) is 13.1 Å². The van der Waals surface area contributed by atoms with Gasteiger partial charge in [-0.05, 0) is 25.8 Å². The molecular formula is C9H19N. The molecule has 1 N–H and O–H groups in total. The third kappa shape index (κ3) is 2.30. The molecule has 0 amide bonds. The lowest BCUT2D eigenvalue weighted by atomic mass is 10.0. The predicted octanol–water partition coefficient (Wildman–Crippen LogP) is 2.17. The predicted molar refractivity (Wildman–Crippen MR) is 45.1 cm³/mol. The molecule has 0 spiro atoms. The largest absolute Gasteiger partial charge is 0.317 e. The molecule has 1 fully saturated rings. The monoisotopic (exact) mass is 141 g/mol. The highest BCUT2D eigenvalue weighted by molar-refractivity contribution is 4.72. The highest BCUT2D eigenvalue weighted by Gasteiger charge is 2.14. The van der Waals surface area contributed by atoms with Crippen LogP contribution in [0.25, 0.3) is 0 Å². The molecular weight excluding hydrogens is 122 g/mol. The quantitative estimate of drug-likeness (QED) is 0.552. The van der Waals surface area contributed by atoms with Crippen molar-refractivity contribution >= 4 is 0 Å². The molecule has 0 heterocycles. The van der Waals surface area contributed by atoms with Crippen LogP contribution in [0.1, 0.15) is 39.0 Å². The van der Waals surface area contributed by atoms with Crippen molar-refractivity contribution in [3.63, 3.8) is 0 Å². The second-order valence-corrected chi connectivity index (χ2v) is 3.61. The Hall–Kier alpha value is -0.0400. The van der Waals surface area contributed by atoms with Crippen molar-refractivity contribution in [1.29, 1.82) is 0 Å². The Morgan fingerprint density at radius 2 is 1.90 bits per heavy atom. The van der Waals surface area contributed by atoms with Gasteiger partial charge in [-0.15, -0.1) is 0 Å². The standard InChI is InChI=1S/C9H19N/c1-8-5-3-4-6-9(7-8)10-2/h8-10H,3-7H2,1-2H3/t8-,9+/m0/s1. The van der Waals surface area contributed by atoms with Crippen molar-refractivity contribution in [2.45, 2.75) is 45.1 Å². The van der Waals surface area contributed by atoms with Crippen LogP contribution in [0.4, 0.5) is 0 Å². The van der Waals surface area contributed by atoms with Gasteiger partial charge >= 0.3 is 0 Å². The minimum Gasteiger partial charge on any atom is -0.317 e. The van der Waals surface area contributed by atoms with Gasteiger partial charge in [-0.2, -0.15) is 0 Å². The van der Waals surface area contributed by atoms with E-state index in [0.29, 0.717) is 0 Å². The van der Waals surface area contributed by atoms with Gasteiger partial charge in [-0.3, -0.25) is 0 Å². The summed E-state index contributed by atoms with van der Waals surface area (Å²) in [5.41, 5.74) is 0. The Morgan fingerprint density at radius 1 is 1.20 bits per heavy atom. The van der Waals surface area contributed by atoms with Crippen molar-refractivity contribution in [2.75, 3.05) is 7.05 Å². The summed E-state index contributed by atoms with van der Waals surface area (Å²) in [6.45, 7) is 2.37. The van der Waals surface area contributed by atoms with Crippen LogP contribution in [0.15, 0.2) is 0 Å². The zero-order valence-electron chi connectivity index (χ0n) is 7.19. The summed E-state index contributed by atoms with van der Waals surface area (Å²) in [6.07, 6.45) is 7.09. The van der Waals surface area contributed by atoms with E-state index < -0.39 is 0 Å². The molecule has 0 radical (unpaired) electrons. The highest BCUT2D eigenvalue weighted by atomic mass is 14.9. The molecule has 60 valence electrons. The fraction of sp³-hybridized carbons (Fsp3) is 1.00. The van der Waals surface area contributed by atoms with E-state index in [9.17, 15) is 0 Å². The van der Waals surface area contributed by atoms with Crippen molar-refractivity contribution in [3.8, 4) is 0 Å². The molecule has 1 heteroatoms. The van der Waals surface area contributed by atoms with Gasteiger partial charge in [0.15, 0.2) is 0 Å². The first-order valence-corrected chi connectivity index (χ1v) is 4.50. The molecule has 10 heavy (non-hydrogen) atoms. The van der Waals surface area contributed by atoms with Crippen LogP contribution in [0.3, 0.4) is 0 Å². The van der Waals surface area contributed by atoms with E-state index in [-0.39, 0.29) is 0 Å². The molecule has 0 bridgehead atoms. The maximum Gasteiger partial charge on any atom is 0.00666 e. The lowest BCUT2D eigenvalue weighted by Gasteiger charge is -2.15. The lowest BCUT2D eigenvalue weighted by molar-refractivity contribution is 0.428. The summed E-state index contributed by atoms with van der Waals surface area (Å²) in [6, 6.07) is 0.803. The maximum absolute atomic E-state index is 3.37. The molecule has 0 aliphatic heterocycles. The van der Waals surface area contributed by atoms with Gasteiger partial charge in [0.25, 0.3) is 0 Å².